The predicted molar refractivity (Wildman–Crippen MR) is 120 cm³/mol. The number of aliphatic carboxylic acids is 1. The molecule has 0 bridgehead atoms. The van der Waals surface area contributed by atoms with E-state index in [0.29, 0.717) is 46.9 Å². The molecule has 0 fully saturated rings. The smallest absolute Gasteiger partial charge is 0.303 e. The lowest BCUT2D eigenvalue weighted by molar-refractivity contribution is -0.137. The Morgan fingerprint density at radius 2 is 1.94 bits per heavy atom. The molecule has 2 aromatic heterocycles. The fraction of sp³-hybridized carbons (Fsp3) is 0.217. The number of nitrogens with zero attached hydrogens (tertiary/aromatic N) is 3. The van der Waals surface area contributed by atoms with Gasteiger partial charge in [-0.15, -0.1) is 0 Å². The van der Waals surface area contributed by atoms with Crippen molar-refractivity contribution in [3.63, 3.8) is 0 Å². The molecular formula is C23H20FN3O4S. The third kappa shape index (κ3) is 4.52. The third-order valence-electron chi connectivity index (χ3n) is 5.02. The summed E-state index contributed by atoms with van der Waals surface area (Å²) in [6.45, 7) is 0. The van der Waals surface area contributed by atoms with Gasteiger partial charge in [0.2, 0.25) is 0 Å². The second-order valence-corrected chi connectivity index (χ2v) is 8.00. The largest absolute Gasteiger partial charge is 0.481 e. The quantitative estimate of drug-likeness (QED) is 0.396. The van der Waals surface area contributed by atoms with Crippen molar-refractivity contribution in [1.82, 2.24) is 14.5 Å². The van der Waals surface area contributed by atoms with Gasteiger partial charge in [-0.3, -0.25) is 14.2 Å². The van der Waals surface area contributed by atoms with Crippen molar-refractivity contribution in [3.8, 4) is 22.1 Å². The van der Waals surface area contributed by atoms with Gasteiger partial charge < -0.3 is 9.84 Å². The van der Waals surface area contributed by atoms with Gasteiger partial charge in [0.05, 0.1) is 29.4 Å². The van der Waals surface area contributed by atoms with Crippen molar-refractivity contribution in [3.05, 3.63) is 69.8 Å². The summed E-state index contributed by atoms with van der Waals surface area (Å²) in [4.78, 5) is 33.3. The lowest BCUT2D eigenvalue weighted by Gasteiger charge is -2.14. The van der Waals surface area contributed by atoms with Gasteiger partial charge in [-0.2, -0.15) is 0 Å². The second kappa shape index (κ2) is 9.27. The normalized spacial score (nSPS) is 11.1. The van der Waals surface area contributed by atoms with E-state index in [1.807, 2.05) is 5.38 Å². The van der Waals surface area contributed by atoms with Crippen LogP contribution in [0.5, 0.6) is 5.19 Å². The summed E-state index contributed by atoms with van der Waals surface area (Å²) < 4.78 is 20.1. The average molecular weight is 453 g/mol. The summed E-state index contributed by atoms with van der Waals surface area (Å²) in [5.41, 5.74) is 2.29. The Bertz CT molecular complexity index is 1330. The van der Waals surface area contributed by atoms with Gasteiger partial charge in [-0.05, 0) is 49.2 Å². The molecule has 4 aromatic rings. The number of hydrogen-bond acceptors (Lipinski definition) is 6. The molecule has 32 heavy (non-hydrogen) atoms. The van der Waals surface area contributed by atoms with Gasteiger partial charge in [-0.1, -0.05) is 17.4 Å². The molecule has 0 unspecified atom stereocenters. The standard InChI is InChI=1S/C23H20FN3O4S/c1-31-23-26-19(13-32-23)14-6-11-17-18(12-14)25-20(4-2-3-5-21(28)29)27(22(17)30)16-9-7-15(24)8-10-16/h6-13H,2-5H2,1H3,(H,28,29). The molecular weight excluding hydrogens is 433 g/mol. The first-order chi connectivity index (χ1) is 15.5. The molecule has 2 aromatic carbocycles. The van der Waals surface area contributed by atoms with E-state index in [1.165, 1.54) is 40.2 Å². The molecule has 2 heterocycles. The first-order valence-corrected chi connectivity index (χ1v) is 10.9. The van der Waals surface area contributed by atoms with E-state index in [0.717, 1.165) is 11.3 Å². The summed E-state index contributed by atoms with van der Waals surface area (Å²) >= 11 is 1.37. The Morgan fingerprint density at radius 1 is 1.16 bits per heavy atom. The van der Waals surface area contributed by atoms with E-state index in [-0.39, 0.29) is 12.0 Å². The molecule has 0 saturated carbocycles. The monoisotopic (exact) mass is 453 g/mol. The summed E-state index contributed by atoms with van der Waals surface area (Å²) in [5.74, 6) is -0.773. The number of aryl methyl sites for hydroxylation is 1. The molecule has 0 saturated heterocycles. The Kier molecular flexibility index (Phi) is 6.27. The lowest BCUT2D eigenvalue weighted by Crippen LogP contribution is -2.24. The number of hydrogen-bond donors (Lipinski definition) is 1. The van der Waals surface area contributed by atoms with Crippen LogP contribution in [-0.2, 0) is 11.2 Å². The molecule has 4 rings (SSSR count). The van der Waals surface area contributed by atoms with E-state index < -0.39 is 11.8 Å². The Balaban J connectivity index is 1.80. The highest BCUT2D eigenvalue weighted by atomic mass is 32.1. The van der Waals surface area contributed by atoms with Crippen molar-refractivity contribution in [2.75, 3.05) is 7.11 Å². The van der Waals surface area contributed by atoms with Crippen LogP contribution in [0, 0.1) is 5.82 Å². The van der Waals surface area contributed by atoms with Crippen LogP contribution in [0.15, 0.2) is 52.6 Å². The highest BCUT2D eigenvalue weighted by Crippen LogP contribution is 2.28. The zero-order valence-electron chi connectivity index (χ0n) is 17.2. The zero-order valence-corrected chi connectivity index (χ0v) is 18.1. The van der Waals surface area contributed by atoms with Crippen LogP contribution in [0.4, 0.5) is 4.39 Å². The van der Waals surface area contributed by atoms with E-state index in [4.69, 9.17) is 14.8 Å². The summed E-state index contributed by atoms with van der Waals surface area (Å²) in [6, 6.07) is 11.0. The fourth-order valence-electron chi connectivity index (χ4n) is 3.46. The number of carboxylic acids is 1. The van der Waals surface area contributed by atoms with Crippen LogP contribution < -0.4 is 10.3 Å². The lowest BCUT2D eigenvalue weighted by atomic mass is 10.1. The molecule has 0 aliphatic heterocycles. The molecule has 0 aliphatic rings. The maximum absolute atomic E-state index is 13.4. The van der Waals surface area contributed by atoms with Gasteiger partial charge >= 0.3 is 5.97 Å². The van der Waals surface area contributed by atoms with E-state index in [2.05, 4.69) is 4.98 Å². The molecule has 0 aliphatic carbocycles. The highest BCUT2D eigenvalue weighted by Gasteiger charge is 2.15. The maximum Gasteiger partial charge on any atom is 0.303 e. The van der Waals surface area contributed by atoms with Crippen molar-refractivity contribution < 1.29 is 19.0 Å². The number of rotatable bonds is 8. The molecule has 9 heteroatoms. The number of benzene rings is 2. The Hall–Kier alpha value is -3.59. The number of aromatic nitrogens is 3. The van der Waals surface area contributed by atoms with E-state index in [9.17, 15) is 14.0 Å². The number of carboxylic acid groups (broad SMARTS) is 1. The molecule has 0 amide bonds. The highest BCUT2D eigenvalue weighted by molar-refractivity contribution is 7.11. The van der Waals surface area contributed by atoms with Gasteiger partial charge in [-0.25, -0.2) is 14.4 Å². The SMILES string of the molecule is COc1nc(-c2ccc3c(=O)n(-c4ccc(F)cc4)c(CCCCC(=O)O)nc3c2)cs1. The van der Waals surface area contributed by atoms with Gasteiger partial charge in [0.15, 0.2) is 0 Å². The molecule has 164 valence electrons. The number of methoxy groups -OCH3 is 1. The van der Waals surface area contributed by atoms with Crippen LogP contribution in [0.1, 0.15) is 25.1 Å². The van der Waals surface area contributed by atoms with Gasteiger partial charge in [0.1, 0.15) is 11.6 Å². The minimum absolute atomic E-state index is 0.0458. The summed E-state index contributed by atoms with van der Waals surface area (Å²) in [7, 11) is 1.55. The molecule has 1 N–H and O–H groups in total. The average Bonchev–Trinajstić information content (AvgIpc) is 3.27. The number of thiazole rings is 1. The molecule has 0 atom stereocenters. The molecule has 0 radical (unpaired) electrons. The fourth-order valence-corrected chi connectivity index (χ4v) is 4.11. The number of unbranched alkanes of at least 4 members (excludes halogenated alkanes) is 1. The van der Waals surface area contributed by atoms with Crippen molar-refractivity contribution in [1.29, 1.82) is 0 Å². The first-order valence-electron chi connectivity index (χ1n) is 9.99. The van der Waals surface area contributed by atoms with Crippen molar-refractivity contribution in [2.45, 2.75) is 25.7 Å². The Morgan fingerprint density at radius 3 is 2.62 bits per heavy atom. The Labute approximate surface area is 186 Å². The summed E-state index contributed by atoms with van der Waals surface area (Å²) in [6.07, 6.45) is 1.47. The number of ether oxygens (including phenoxy) is 1. The zero-order chi connectivity index (χ0) is 22.7. The van der Waals surface area contributed by atoms with Crippen LogP contribution in [-0.4, -0.2) is 32.7 Å². The van der Waals surface area contributed by atoms with Crippen molar-refractivity contribution in [2.24, 2.45) is 0 Å². The molecule has 0 spiro atoms. The van der Waals surface area contributed by atoms with E-state index >= 15 is 0 Å². The second-order valence-electron chi connectivity index (χ2n) is 7.18. The topological polar surface area (TPSA) is 94.3 Å². The van der Waals surface area contributed by atoms with Crippen LogP contribution in [0.25, 0.3) is 27.8 Å². The molecule has 7 nitrogen and oxygen atoms in total. The number of fused-ring (bicyclic) bond motifs is 1. The number of carbonyl (C=O) groups is 1. The van der Waals surface area contributed by atoms with Crippen LogP contribution in [0.2, 0.25) is 0 Å². The third-order valence-corrected chi connectivity index (χ3v) is 5.82. The van der Waals surface area contributed by atoms with Gasteiger partial charge in [0.25, 0.3) is 10.8 Å². The minimum atomic E-state index is -0.865. The maximum atomic E-state index is 13.4. The predicted octanol–water partition coefficient (Wildman–Crippen LogP) is 4.45. The number of halogens is 1. The minimum Gasteiger partial charge on any atom is -0.481 e. The summed E-state index contributed by atoms with van der Waals surface area (Å²) in [5, 5.41) is 11.7. The van der Waals surface area contributed by atoms with Gasteiger partial charge in [0, 0.05) is 23.8 Å². The van der Waals surface area contributed by atoms with Crippen LogP contribution in [0.3, 0.4) is 0 Å². The first kappa shape index (κ1) is 21.6. The van der Waals surface area contributed by atoms with E-state index in [1.54, 1.807) is 25.3 Å². The van der Waals surface area contributed by atoms with Crippen molar-refractivity contribution >= 4 is 28.2 Å². The van der Waals surface area contributed by atoms with Crippen LogP contribution >= 0.6 is 11.3 Å².